The smallest absolute Gasteiger partial charge is 1.00 e. The third kappa shape index (κ3) is 6.43. The Kier molecular flexibility index (Phi) is 10.5. The van der Waals surface area contributed by atoms with E-state index in [9.17, 15) is 4.79 Å². The van der Waals surface area contributed by atoms with Gasteiger partial charge in [0.25, 0.3) is 0 Å². The fourth-order valence-corrected chi connectivity index (χ4v) is 0.250. The molecule has 0 radical (unpaired) electrons. The normalized spacial score (nSPS) is 7.25. The Balaban J connectivity index is -0.000000180. The van der Waals surface area contributed by atoms with Crippen LogP contribution in [0, 0.1) is 0 Å². The first-order chi connectivity index (χ1) is 3.31. The van der Waals surface area contributed by atoms with Crippen LogP contribution in [0.2, 0.25) is 0 Å². The Hall–Kier alpha value is 0.430. The Morgan fingerprint density at radius 1 is 1.88 bits per heavy atom. The number of carbonyl (C=O) groups excluding carboxylic acids is 1. The number of rotatable bonds is 2. The molecule has 0 aliphatic rings. The average Bonchev–Trinajstić information content (AvgIpc) is 1.68. The standard InChI is InChI=1S/C4H8O3.Na.H/c1-2-3-4(5)7-6;;/h6H,2-3H2,1H3;;/q;+1;-1. The number of carbonyl (C=O) groups is 1. The molecule has 0 saturated heterocycles. The van der Waals surface area contributed by atoms with Crippen LogP contribution in [0.3, 0.4) is 0 Å². The summed E-state index contributed by atoms with van der Waals surface area (Å²) in [6.07, 6.45) is 0.996. The molecule has 0 aliphatic carbocycles. The van der Waals surface area contributed by atoms with Crippen molar-refractivity contribution in [1.82, 2.24) is 0 Å². The van der Waals surface area contributed by atoms with Gasteiger partial charge in [-0.2, -0.15) is 5.26 Å². The Morgan fingerprint density at radius 3 is 2.50 bits per heavy atom. The zero-order valence-corrected chi connectivity index (χ0v) is 7.18. The maximum Gasteiger partial charge on any atom is 1.00 e. The summed E-state index contributed by atoms with van der Waals surface area (Å²) in [5.74, 6) is -0.567. The summed E-state index contributed by atoms with van der Waals surface area (Å²) >= 11 is 0. The van der Waals surface area contributed by atoms with Gasteiger partial charge in [-0.25, -0.2) is 4.79 Å². The van der Waals surface area contributed by atoms with E-state index in [-0.39, 0.29) is 37.4 Å². The van der Waals surface area contributed by atoms with Crippen LogP contribution in [-0.2, 0) is 9.68 Å². The fourth-order valence-electron chi connectivity index (χ4n) is 0.250. The molecule has 1 N–H and O–H groups in total. The molecular weight excluding hydrogens is 119 g/mol. The third-order valence-corrected chi connectivity index (χ3v) is 0.556. The molecule has 44 valence electrons. The van der Waals surface area contributed by atoms with Crippen LogP contribution >= 0.6 is 0 Å². The van der Waals surface area contributed by atoms with Crippen molar-refractivity contribution in [2.75, 3.05) is 0 Å². The summed E-state index contributed by atoms with van der Waals surface area (Å²) in [6, 6.07) is 0. The van der Waals surface area contributed by atoms with E-state index in [1.165, 1.54) is 0 Å². The number of hydrogen-bond acceptors (Lipinski definition) is 3. The molecule has 0 unspecified atom stereocenters. The first kappa shape index (κ1) is 11.3. The maximum atomic E-state index is 9.94. The SMILES string of the molecule is CCCC(=O)OO.[H-].[Na+]. The minimum Gasteiger partial charge on any atom is -1.00 e. The van der Waals surface area contributed by atoms with Gasteiger partial charge in [-0.3, -0.25) is 0 Å². The molecule has 0 aromatic heterocycles. The van der Waals surface area contributed by atoms with Crippen LogP contribution in [0.1, 0.15) is 21.2 Å². The van der Waals surface area contributed by atoms with E-state index in [1.807, 2.05) is 6.92 Å². The van der Waals surface area contributed by atoms with Crippen molar-refractivity contribution in [3.63, 3.8) is 0 Å². The summed E-state index contributed by atoms with van der Waals surface area (Å²) in [5, 5.41) is 7.62. The van der Waals surface area contributed by atoms with Crippen LogP contribution in [0.15, 0.2) is 0 Å². The molecular formula is C4H9NaO3. The largest absolute Gasteiger partial charge is 1.00 e. The second-order valence-corrected chi connectivity index (χ2v) is 1.21. The molecule has 0 spiro atoms. The monoisotopic (exact) mass is 128 g/mol. The van der Waals surface area contributed by atoms with Gasteiger partial charge in [0.2, 0.25) is 0 Å². The van der Waals surface area contributed by atoms with Crippen molar-refractivity contribution in [3.8, 4) is 0 Å². The van der Waals surface area contributed by atoms with Gasteiger partial charge >= 0.3 is 35.5 Å². The van der Waals surface area contributed by atoms with Crippen LogP contribution < -0.4 is 29.6 Å². The van der Waals surface area contributed by atoms with E-state index in [2.05, 4.69) is 4.89 Å². The zero-order valence-electron chi connectivity index (χ0n) is 6.18. The molecule has 0 aromatic carbocycles. The first-order valence-corrected chi connectivity index (χ1v) is 2.15. The van der Waals surface area contributed by atoms with E-state index >= 15 is 0 Å². The molecule has 0 amide bonds. The maximum absolute atomic E-state index is 9.94. The summed E-state index contributed by atoms with van der Waals surface area (Å²) in [4.78, 5) is 13.3. The average molecular weight is 128 g/mol. The molecule has 0 heterocycles. The van der Waals surface area contributed by atoms with E-state index in [0.29, 0.717) is 6.42 Å². The van der Waals surface area contributed by atoms with Crippen LogP contribution in [-0.4, -0.2) is 11.2 Å². The van der Waals surface area contributed by atoms with Crippen molar-refractivity contribution >= 4 is 5.97 Å². The molecule has 0 aliphatic heterocycles. The molecule has 3 nitrogen and oxygen atoms in total. The van der Waals surface area contributed by atoms with Crippen molar-refractivity contribution in [2.45, 2.75) is 19.8 Å². The van der Waals surface area contributed by atoms with Gasteiger partial charge in [0.15, 0.2) is 0 Å². The molecule has 0 fully saturated rings. The molecule has 0 bridgehead atoms. The second-order valence-electron chi connectivity index (χ2n) is 1.21. The Morgan fingerprint density at radius 2 is 2.38 bits per heavy atom. The summed E-state index contributed by atoms with van der Waals surface area (Å²) < 4.78 is 0. The fraction of sp³-hybridized carbons (Fsp3) is 0.750. The Bertz CT molecular complexity index is 68.8. The number of hydrogen-bond donors (Lipinski definition) is 1. The van der Waals surface area contributed by atoms with E-state index in [0.717, 1.165) is 0 Å². The minimum absolute atomic E-state index is 0. The zero-order chi connectivity index (χ0) is 5.70. The Labute approximate surface area is 71.7 Å². The summed E-state index contributed by atoms with van der Waals surface area (Å²) in [6.45, 7) is 1.83. The van der Waals surface area contributed by atoms with Crippen molar-refractivity contribution < 1.29 is 45.9 Å². The van der Waals surface area contributed by atoms with Gasteiger partial charge in [-0.05, 0) is 6.42 Å². The molecule has 0 atom stereocenters. The van der Waals surface area contributed by atoms with Gasteiger partial charge in [-0.15, -0.1) is 0 Å². The topological polar surface area (TPSA) is 46.5 Å². The van der Waals surface area contributed by atoms with Crippen molar-refractivity contribution in [1.29, 1.82) is 0 Å². The predicted molar refractivity (Wildman–Crippen MR) is 24.7 cm³/mol. The molecule has 0 rings (SSSR count). The quantitative estimate of drug-likeness (QED) is 0.264. The van der Waals surface area contributed by atoms with Crippen LogP contribution in [0.5, 0.6) is 0 Å². The van der Waals surface area contributed by atoms with Crippen LogP contribution in [0.25, 0.3) is 0 Å². The van der Waals surface area contributed by atoms with Crippen LogP contribution in [0.4, 0.5) is 0 Å². The molecule has 0 aromatic rings. The van der Waals surface area contributed by atoms with E-state index in [4.69, 9.17) is 5.26 Å². The third-order valence-electron chi connectivity index (χ3n) is 0.556. The predicted octanol–water partition coefficient (Wildman–Crippen LogP) is -2.08. The second kappa shape index (κ2) is 7.43. The minimum atomic E-state index is -0.567. The summed E-state index contributed by atoms with van der Waals surface area (Å²) in [5.41, 5.74) is 0. The van der Waals surface area contributed by atoms with Gasteiger partial charge < -0.3 is 6.31 Å². The van der Waals surface area contributed by atoms with E-state index < -0.39 is 5.97 Å². The van der Waals surface area contributed by atoms with Gasteiger partial charge in [0.05, 0.1) is 0 Å². The molecule has 8 heavy (non-hydrogen) atoms. The van der Waals surface area contributed by atoms with Crippen molar-refractivity contribution in [2.24, 2.45) is 0 Å². The van der Waals surface area contributed by atoms with Gasteiger partial charge in [0, 0.05) is 6.42 Å². The first-order valence-electron chi connectivity index (χ1n) is 2.15. The van der Waals surface area contributed by atoms with E-state index in [1.54, 1.807) is 0 Å². The van der Waals surface area contributed by atoms with Gasteiger partial charge in [-0.1, -0.05) is 6.92 Å². The van der Waals surface area contributed by atoms with Crippen molar-refractivity contribution in [3.05, 3.63) is 0 Å². The summed E-state index contributed by atoms with van der Waals surface area (Å²) in [7, 11) is 0. The molecule has 0 saturated carbocycles. The van der Waals surface area contributed by atoms with Gasteiger partial charge in [0.1, 0.15) is 0 Å². The molecule has 4 heteroatoms.